The molecule has 0 atom stereocenters. The molecular weight excluding hydrogens is 200 g/mol. The highest BCUT2D eigenvalue weighted by molar-refractivity contribution is 5.33. The lowest BCUT2D eigenvalue weighted by Crippen LogP contribution is -2.26. The van der Waals surface area contributed by atoms with E-state index in [1.54, 1.807) is 0 Å². The lowest BCUT2D eigenvalue weighted by Gasteiger charge is -2.06. The van der Waals surface area contributed by atoms with Crippen molar-refractivity contribution >= 4 is 0 Å². The molecule has 0 fully saturated rings. The van der Waals surface area contributed by atoms with Crippen LogP contribution in [0.1, 0.15) is 23.6 Å². The maximum absolute atomic E-state index is 5.40. The zero-order valence-electron chi connectivity index (χ0n) is 9.88. The van der Waals surface area contributed by atoms with Crippen LogP contribution in [-0.4, -0.2) is 19.6 Å². The van der Waals surface area contributed by atoms with Crippen LogP contribution in [0.15, 0.2) is 18.2 Å². The first-order valence-corrected chi connectivity index (χ1v) is 6.00. The molecule has 0 amide bonds. The molecule has 0 spiro atoms. The van der Waals surface area contributed by atoms with E-state index in [1.165, 1.54) is 16.7 Å². The predicted octanol–water partition coefficient (Wildman–Crippen LogP) is 1.42. The van der Waals surface area contributed by atoms with Gasteiger partial charge in [-0.1, -0.05) is 25.1 Å². The predicted molar refractivity (Wildman–Crippen MR) is 65.2 cm³/mol. The minimum absolute atomic E-state index is 0.778. The van der Waals surface area contributed by atoms with Crippen molar-refractivity contribution in [3.63, 3.8) is 0 Å². The van der Waals surface area contributed by atoms with Gasteiger partial charge in [-0.25, -0.2) is 0 Å². The summed E-state index contributed by atoms with van der Waals surface area (Å²) in [4.78, 5) is 0. The third kappa shape index (κ3) is 3.04. The molecule has 1 aliphatic heterocycles. The molecular formula is C13H20N2O. The standard InChI is InChI=1S/C13H20N2O/c1-2-14-5-6-15-8-11-3-4-12-9-16-10-13(12)7-11/h3-4,7,14-15H,2,5-6,8-10H2,1H3. The maximum Gasteiger partial charge on any atom is 0.0725 e. The highest BCUT2D eigenvalue weighted by Crippen LogP contribution is 2.20. The molecule has 0 aliphatic carbocycles. The second kappa shape index (κ2) is 5.99. The quantitative estimate of drug-likeness (QED) is 0.711. The van der Waals surface area contributed by atoms with Crippen LogP contribution in [0.4, 0.5) is 0 Å². The van der Waals surface area contributed by atoms with Gasteiger partial charge in [0.1, 0.15) is 0 Å². The second-order valence-corrected chi connectivity index (χ2v) is 4.13. The van der Waals surface area contributed by atoms with Crippen LogP contribution in [0.2, 0.25) is 0 Å². The van der Waals surface area contributed by atoms with Crippen LogP contribution in [0.3, 0.4) is 0 Å². The number of hydrogen-bond donors (Lipinski definition) is 2. The normalized spacial score (nSPS) is 14.1. The zero-order chi connectivity index (χ0) is 11.2. The summed E-state index contributed by atoms with van der Waals surface area (Å²) in [7, 11) is 0. The number of fused-ring (bicyclic) bond motifs is 1. The van der Waals surface area contributed by atoms with Gasteiger partial charge in [-0.2, -0.15) is 0 Å². The van der Waals surface area contributed by atoms with Crippen LogP contribution >= 0.6 is 0 Å². The van der Waals surface area contributed by atoms with Crippen molar-refractivity contribution in [2.24, 2.45) is 0 Å². The highest BCUT2D eigenvalue weighted by Gasteiger charge is 2.10. The fraction of sp³-hybridized carbons (Fsp3) is 0.538. The van der Waals surface area contributed by atoms with Gasteiger partial charge in [0.05, 0.1) is 13.2 Å². The van der Waals surface area contributed by atoms with Crippen molar-refractivity contribution < 1.29 is 4.74 Å². The Bertz CT molecular complexity index is 339. The number of ether oxygens (including phenoxy) is 1. The van der Waals surface area contributed by atoms with E-state index in [4.69, 9.17) is 4.74 Å². The molecule has 88 valence electrons. The number of benzene rings is 1. The van der Waals surface area contributed by atoms with Gasteiger partial charge >= 0.3 is 0 Å². The minimum atomic E-state index is 0.778. The van der Waals surface area contributed by atoms with E-state index in [-0.39, 0.29) is 0 Å². The average molecular weight is 220 g/mol. The Labute approximate surface area is 97.2 Å². The highest BCUT2D eigenvalue weighted by atomic mass is 16.5. The van der Waals surface area contributed by atoms with Gasteiger partial charge in [0.2, 0.25) is 0 Å². The van der Waals surface area contributed by atoms with Crippen molar-refractivity contribution in [2.75, 3.05) is 19.6 Å². The molecule has 1 aromatic carbocycles. The van der Waals surface area contributed by atoms with Gasteiger partial charge in [-0.05, 0) is 23.2 Å². The Morgan fingerprint density at radius 3 is 2.81 bits per heavy atom. The van der Waals surface area contributed by atoms with E-state index in [1.807, 2.05) is 0 Å². The van der Waals surface area contributed by atoms with Crippen LogP contribution in [0, 0.1) is 0 Å². The third-order valence-electron chi connectivity index (χ3n) is 2.84. The van der Waals surface area contributed by atoms with Crippen molar-refractivity contribution in [1.29, 1.82) is 0 Å². The molecule has 1 aromatic rings. The summed E-state index contributed by atoms with van der Waals surface area (Å²) in [5, 5.41) is 6.72. The van der Waals surface area contributed by atoms with Gasteiger partial charge in [0.15, 0.2) is 0 Å². The Balaban J connectivity index is 1.77. The first-order valence-electron chi connectivity index (χ1n) is 6.00. The third-order valence-corrected chi connectivity index (χ3v) is 2.84. The molecule has 2 rings (SSSR count). The monoisotopic (exact) mass is 220 g/mol. The molecule has 3 heteroatoms. The van der Waals surface area contributed by atoms with Gasteiger partial charge in [0, 0.05) is 19.6 Å². The van der Waals surface area contributed by atoms with Crippen molar-refractivity contribution in [3.8, 4) is 0 Å². The molecule has 0 radical (unpaired) electrons. The minimum Gasteiger partial charge on any atom is -0.372 e. The topological polar surface area (TPSA) is 33.3 Å². The van der Waals surface area contributed by atoms with Crippen LogP contribution in [0.5, 0.6) is 0 Å². The second-order valence-electron chi connectivity index (χ2n) is 4.13. The summed E-state index contributed by atoms with van der Waals surface area (Å²) in [5.74, 6) is 0. The number of likely N-dealkylation sites (N-methyl/N-ethyl adjacent to an activating group) is 1. The summed E-state index contributed by atoms with van der Waals surface area (Å²) in [6.07, 6.45) is 0. The Morgan fingerprint density at radius 1 is 1.12 bits per heavy atom. The Hall–Kier alpha value is -0.900. The summed E-state index contributed by atoms with van der Waals surface area (Å²) in [5.41, 5.74) is 4.04. The average Bonchev–Trinajstić information content (AvgIpc) is 2.76. The Morgan fingerprint density at radius 2 is 1.94 bits per heavy atom. The Kier molecular flexibility index (Phi) is 4.34. The zero-order valence-corrected chi connectivity index (χ0v) is 9.88. The molecule has 0 saturated carbocycles. The number of rotatable bonds is 6. The molecule has 0 aromatic heterocycles. The molecule has 0 saturated heterocycles. The van der Waals surface area contributed by atoms with Crippen LogP contribution in [-0.2, 0) is 24.5 Å². The van der Waals surface area contributed by atoms with E-state index < -0.39 is 0 Å². The first kappa shape index (κ1) is 11.6. The summed E-state index contributed by atoms with van der Waals surface area (Å²) in [6, 6.07) is 6.62. The fourth-order valence-corrected chi connectivity index (χ4v) is 1.92. The summed E-state index contributed by atoms with van der Waals surface area (Å²) < 4.78 is 5.40. The fourth-order valence-electron chi connectivity index (χ4n) is 1.92. The smallest absolute Gasteiger partial charge is 0.0725 e. The van der Waals surface area contributed by atoms with Crippen molar-refractivity contribution in [2.45, 2.75) is 26.7 Å². The maximum atomic E-state index is 5.40. The van der Waals surface area contributed by atoms with Gasteiger partial charge in [-0.15, -0.1) is 0 Å². The summed E-state index contributed by atoms with van der Waals surface area (Å²) in [6.45, 7) is 7.72. The van der Waals surface area contributed by atoms with Crippen molar-refractivity contribution in [3.05, 3.63) is 34.9 Å². The number of nitrogens with one attached hydrogen (secondary N) is 2. The van der Waals surface area contributed by atoms with E-state index in [9.17, 15) is 0 Å². The van der Waals surface area contributed by atoms with E-state index in [2.05, 4.69) is 35.8 Å². The first-order chi connectivity index (χ1) is 7.90. The molecule has 0 bridgehead atoms. The van der Waals surface area contributed by atoms with Crippen molar-refractivity contribution in [1.82, 2.24) is 10.6 Å². The van der Waals surface area contributed by atoms with E-state index in [0.29, 0.717) is 0 Å². The lowest BCUT2D eigenvalue weighted by molar-refractivity contribution is 0.134. The number of hydrogen-bond acceptors (Lipinski definition) is 3. The summed E-state index contributed by atoms with van der Waals surface area (Å²) >= 11 is 0. The van der Waals surface area contributed by atoms with Crippen LogP contribution < -0.4 is 10.6 Å². The van der Waals surface area contributed by atoms with E-state index in [0.717, 1.165) is 39.4 Å². The SMILES string of the molecule is CCNCCNCc1ccc2c(c1)COC2. The van der Waals surface area contributed by atoms with Gasteiger partial charge in [0.25, 0.3) is 0 Å². The van der Waals surface area contributed by atoms with E-state index >= 15 is 0 Å². The van der Waals surface area contributed by atoms with Gasteiger partial charge < -0.3 is 15.4 Å². The molecule has 2 N–H and O–H groups in total. The molecule has 16 heavy (non-hydrogen) atoms. The lowest BCUT2D eigenvalue weighted by atomic mass is 10.1. The van der Waals surface area contributed by atoms with Crippen LogP contribution in [0.25, 0.3) is 0 Å². The largest absolute Gasteiger partial charge is 0.372 e. The molecule has 0 unspecified atom stereocenters. The molecule has 3 nitrogen and oxygen atoms in total. The molecule has 1 heterocycles. The molecule has 1 aliphatic rings. The van der Waals surface area contributed by atoms with Gasteiger partial charge in [-0.3, -0.25) is 0 Å².